The second-order valence-electron chi connectivity index (χ2n) is 4.94. The van der Waals surface area contributed by atoms with Crippen molar-refractivity contribution in [3.63, 3.8) is 0 Å². The zero-order chi connectivity index (χ0) is 15.2. The quantitative estimate of drug-likeness (QED) is 0.655. The number of hydrogen-bond acceptors (Lipinski definition) is 3. The van der Waals surface area contributed by atoms with E-state index in [1.54, 1.807) is 12.1 Å². The number of nitrogen functional groups attached to an aromatic ring is 1. The number of amides is 1. The number of nitrogens with one attached hydrogen (secondary N) is 1. The Labute approximate surface area is 124 Å². The van der Waals surface area contributed by atoms with E-state index >= 15 is 0 Å². The number of nitrogens with two attached hydrogens (primary N) is 1. The second kappa shape index (κ2) is 6.79. The van der Waals surface area contributed by atoms with Gasteiger partial charge in [0.15, 0.2) is 0 Å². The number of carbonyl (C=O) groups is 1. The fourth-order valence-electron chi connectivity index (χ4n) is 1.92. The van der Waals surface area contributed by atoms with E-state index < -0.39 is 0 Å². The van der Waals surface area contributed by atoms with Crippen LogP contribution in [0.5, 0.6) is 5.75 Å². The van der Waals surface area contributed by atoms with Gasteiger partial charge in [0.05, 0.1) is 12.2 Å². The van der Waals surface area contributed by atoms with Crippen molar-refractivity contribution in [1.82, 2.24) is 5.32 Å². The molecule has 0 unspecified atom stereocenters. The van der Waals surface area contributed by atoms with Gasteiger partial charge in [-0.3, -0.25) is 4.79 Å². The van der Waals surface area contributed by atoms with Crippen molar-refractivity contribution in [3.05, 3.63) is 59.2 Å². The third kappa shape index (κ3) is 3.99. The van der Waals surface area contributed by atoms with E-state index in [-0.39, 0.29) is 5.91 Å². The van der Waals surface area contributed by atoms with Crippen molar-refractivity contribution >= 4 is 11.6 Å². The number of para-hydroxylation sites is 2. The lowest BCUT2D eigenvalue weighted by Crippen LogP contribution is -2.28. The van der Waals surface area contributed by atoms with Crippen molar-refractivity contribution in [2.75, 3.05) is 18.9 Å². The van der Waals surface area contributed by atoms with Gasteiger partial charge in [-0.2, -0.15) is 0 Å². The van der Waals surface area contributed by atoms with E-state index in [1.165, 1.54) is 5.56 Å². The summed E-state index contributed by atoms with van der Waals surface area (Å²) >= 11 is 0. The van der Waals surface area contributed by atoms with Gasteiger partial charge in [-0.25, -0.2) is 0 Å². The third-order valence-corrected chi connectivity index (χ3v) is 3.33. The van der Waals surface area contributed by atoms with E-state index in [2.05, 4.69) is 5.32 Å². The molecule has 110 valence electrons. The van der Waals surface area contributed by atoms with Gasteiger partial charge in [0.1, 0.15) is 12.4 Å². The van der Waals surface area contributed by atoms with Crippen LogP contribution in [0.2, 0.25) is 0 Å². The largest absolute Gasteiger partial charge is 0.490 e. The predicted molar refractivity (Wildman–Crippen MR) is 84.6 cm³/mol. The van der Waals surface area contributed by atoms with Gasteiger partial charge in [-0.1, -0.05) is 18.2 Å². The highest BCUT2D eigenvalue weighted by atomic mass is 16.5. The molecule has 0 aliphatic heterocycles. The lowest BCUT2D eigenvalue weighted by Gasteiger charge is -2.10. The summed E-state index contributed by atoms with van der Waals surface area (Å²) in [5, 5.41) is 2.83. The molecule has 4 nitrogen and oxygen atoms in total. The molecule has 2 aromatic carbocycles. The van der Waals surface area contributed by atoms with Crippen LogP contribution in [0, 0.1) is 13.8 Å². The van der Waals surface area contributed by atoms with Gasteiger partial charge in [-0.05, 0) is 49.2 Å². The molecule has 0 bridgehead atoms. The van der Waals surface area contributed by atoms with Crippen molar-refractivity contribution in [2.24, 2.45) is 0 Å². The van der Waals surface area contributed by atoms with Crippen LogP contribution in [0.25, 0.3) is 0 Å². The number of anilines is 1. The van der Waals surface area contributed by atoms with Crippen molar-refractivity contribution in [2.45, 2.75) is 13.8 Å². The van der Waals surface area contributed by atoms with Crippen LogP contribution in [-0.2, 0) is 0 Å². The smallest absolute Gasteiger partial charge is 0.251 e. The Morgan fingerprint density at radius 1 is 1.14 bits per heavy atom. The molecule has 0 radical (unpaired) electrons. The van der Waals surface area contributed by atoms with Gasteiger partial charge in [0.2, 0.25) is 0 Å². The standard InChI is InChI=1S/C17H20N2O2/c1-12-7-8-14(11-13(12)2)17(20)19-9-10-21-16-6-4-3-5-15(16)18/h3-8,11H,9-10,18H2,1-2H3,(H,19,20). The molecule has 4 heteroatoms. The lowest BCUT2D eigenvalue weighted by atomic mass is 10.1. The van der Waals surface area contributed by atoms with E-state index in [4.69, 9.17) is 10.5 Å². The summed E-state index contributed by atoms with van der Waals surface area (Å²) in [5.41, 5.74) is 9.31. The predicted octanol–water partition coefficient (Wildman–Crippen LogP) is 2.69. The number of hydrogen-bond donors (Lipinski definition) is 2. The minimum atomic E-state index is -0.0947. The first-order valence-electron chi connectivity index (χ1n) is 6.90. The zero-order valence-corrected chi connectivity index (χ0v) is 12.3. The molecular weight excluding hydrogens is 264 g/mol. The second-order valence-corrected chi connectivity index (χ2v) is 4.94. The summed E-state index contributed by atoms with van der Waals surface area (Å²) in [4.78, 5) is 12.0. The fourth-order valence-corrected chi connectivity index (χ4v) is 1.92. The first-order valence-corrected chi connectivity index (χ1v) is 6.90. The Bertz CT molecular complexity index is 638. The highest BCUT2D eigenvalue weighted by Gasteiger charge is 2.06. The molecule has 21 heavy (non-hydrogen) atoms. The molecule has 2 aromatic rings. The molecule has 2 rings (SSSR count). The molecule has 0 saturated heterocycles. The molecule has 0 fully saturated rings. The van der Waals surface area contributed by atoms with Crippen LogP contribution in [0.3, 0.4) is 0 Å². The molecular formula is C17H20N2O2. The van der Waals surface area contributed by atoms with Gasteiger partial charge in [0, 0.05) is 5.56 Å². The van der Waals surface area contributed by atoms with Gasteiger partial charge < -0.3 is 15.8 Å². The summed E-state index contributed by atoms with van der Waals surface area (Å²) in [6.07, 6.45) is 0. The monoisotopic (exact) mass is 284 g/mol. The SMILES string of the molecule is Cc1ccc(C(=O)NCCOc2ccccc2N)cc1C. The van der Waals surface area contributed by atoms with Crippen molar-refractivity contribution in [3.8, 4) is 5.75 Å². The van der Waals surface area contributed by atoms with E-state index in [1.807, 2.05) is 44.2 Å². The number of rotatable bonds is 5. The summed E-state index contributed by atoms with van der Waals surface area (Å²) in [6, 6.07) is 13.0. The Kier molecular flexibility index (Phi) is 4.82. The first-order chi connectivity index (χ1) is 10.1. The van der Waals surface area contributed by atoms with E-state index in [9.17, 15) is 4.79 Å². The maximum atomic E-state index is 12.0. The Balaban J connectivity index is 1.82. The fraction of sp³-hybridized carbons (Fsp3) is 0.235. The number of ether oxygens (including phenoxy) is 1. The maximum Gasteiger partial charge on any atom is 0.251 e. The summed E-state index contributed by atoms with van der Waals surface area (Å²) in [6.45, 7) is 4.83. The van der Waals surface area contributed by atoms with Gasteiger partial charge in [0.25, 0.3) is 5.91 Å². The molecule has 0 spiro atoms. The molecule has 0 atom stereocenters. The number of carbonyl (C=O) groups excluding carboxylic acids is 1. The molecule has 0 aromatic heterocycles. The third-order valence-electron chi connectivity index (χ3n) is 3.33. The van der Waals surface area contributed by atoms with Crippen LogP contribution >= 0.6 is 0 Å². The average Bonchev–Trinajstić information content (AvgIpc) is 2.48. The average molecular weight is 284 g/mol. The highest BCUT2D eigenvalue weighted by Crippen LogP contribution is 2.19. The van der Waals surface area contributed by atoms with Crippen LogP contribution < -0.4 is 15.8 Å². The van der Waals surface area contributed by atoms with Gasteiger partial charge in [-0.15, -0.1) is 0 Å². The Morgan fingerprint density at radius 3 is 2.62 bits per heavy atom. The number of benzene rings is 2. The molecule has 0 aliphatic rings. The zero-order valence-electron chi connectivity index (χ0n) is 12.3. The number of aryl methyl sites for hydroxylation is 2. The summed E-state index contributed by atoms with van der Waals surface area (Å²) in [5.74, 6) is 0.542. The van der Waals surface area contributed by atoms with Crippen molar-refractivity contribution < 1.29 is 9.53 Å². The van der Waals surface area contributed by atoms with E-state index in [0.29, 0.717) is 30.2 Å². The Hall–Kier alpha value is -2.49. The van der Waals surface area contributed by atoms with E-state index in [0.717, 1.165) is 5.56 Å². The summed E-state index contributed by atoms with van der Waals surface area (Å²) < 4.78 is 5.53. The normalized spacial score (nSPS) is 10.2. The topological polar surface area (TPSA) is 64.3 Å². The first kappa shape index (κ1) is 14.9. The molecule has 1 amide bonds. The minimum absolute atomic E-state index is 0.0947. The van der Waals surface area contributed by atoms with Crippen LogP contribution in [-0.4, -0.2) is 19.1 Å². The van der Waals surface area contributed by atoms with Crippen LogP contribution in [0.15, 0.2) is 42.5 Å². The molecule has 0 heterocycles. The maximum absolute atomic E-state index is 12.0. The molecule has 3 N–H and O–H groups in total. The van der Waals surface area contributed by atoms with Crippen LogP contribution in [0.1, 0.15) is 21.5 Å². The minimum Gasteiger partial charge on any atom is -0.490 e. The Morgan fingerprint density at radius 2 is 1.90 bits per heavy atom. The molecule has 0 aliphatic carbocycles. The highest BCUT2D eigenvalue weighted by molar-refractivity contribution is 5.94. The summed E-state index contributed by atoms with van der Waals surface area (Å²) in [7, 11) is 0. The lowest BCUT2D eigenvalue weighted by molar-refractivity contribution is 0.0947. The van der Waals surface area contributed by atoms with Crippen LogP contribution in [0.4, 0.5) is 5.69 Å². The molecule has 0 saturated carbocycles. The van der Waals surface area contributed by atoms with Gasteiger partial charge >= 0.3 is 0 Å². The van der Waals surface area contributed by atoms with Crippen molar-refractivity contribution in [1.29, 1.82) is 0 Å².